The van der Waals surface area contributed by atoms with Gasteiger partial charge in [-0.1, -0.05) is 11.8 Å². The maximum atomic E-state index is 11.3. The summed E-state index contributed by atoms with van der Waals surface area (Å²) in [5, 5.41) is 7.37. The van der Waals surface area contributed by atoms with Gasteiger partial charge >= 0.3 is 0 Å². The molecule has 0 fully saturated rings. The zero-order chi connectivity index (χ0) is 11.9. The fourth-order valence-electron chi connectivity index (χ4n) is 1.61. The highest BCUT2D eigenvalue weighted by Crippen LogP contribution is 2.33. The number of rotatable bonds is 3. The minimum absolute atomic E-state index is 0.344. The summed E-state index contributed by atoms with van der Waals surface area (Å²) in [6.45, 7) is 0. The van der Waals surface area contributed by atoms with Crippen LogP contribution in [0.3, 0.4) is 0 Å². The van der Waals surface area contributed by atoms with Crippen LogP contribution >= 0.6 is 23.1 Å². The van der Waals surface area contributed by atoms with Crippen molar-refractivity contribution >= 4 is 45.6 Å². The van der Waals surface area contributed by atoms with Crippen LogP contribution in [0.4, 0.5) is 0 Å². The fourth-order valence-corrected chi connectivity index (χ4v) is 3.22. The lowest BCUT2D eigenvalue weighted by Crippen LogP contribution is -2.17. The number of fused-ring (bicyclic) bond motifs is 1. The number of thiazole rings is 1. The van der Waals surface area contributed by atoms with E-state index in [1.54, 1.807) is 23.4 Å². The number of carbonyl (C=O) groups is 1. The average molecular weight is 254 g/mol. The van der Waals surface area contributed by atoms with Crippen LogP contribution in [0.15, 0.2) is 4.34 Å². The van der Waals surface area contributed by atoms with Gasteiger partial charge in [0.15, 0.2) is 9.99 Å². The van der Waals surface area contributed by atoms with Crippen molar-refractivity contribution in [2.45, 2.75) is 4.34 Å². The predicted octanol–water partition coefficient (Wildman–Crippen LogP) is 1.45. The second-order valence-corrected chi connectivity index (χ2v) is 5.22. The van der Waals surface area contributed by atoms with Gasteiger partial charge in [0.05, 0.1) is 4.70 Å². The highest BCUT2D eigenvalue weighted by Gasteiger charge is 2.21. The zero-order valence-electron chi connectivity index (χ0n) is 8.77. The molecule has 0 aliphatic rings. The second kappa shape index (κ2) is 3.91. The summed E-state index contributed by atoms with van der Waals surface area (Å²) in [7, 11) is 1.74. The number of primary amides is 1. The minimum atomic E-state index is -0.531. The number of amides is 1. The molecule has 0 atom stereocenters. The molecule has 3 N–H and O–H groups in total. The predicted molar refractivity (Wildman–Crippen MR) is 66.8 cm³/mol. The van der Waals surface area contributed by atoms with E-state index in [-0.39, 0.29) is 0 Å². The molecular weight excluding hydrogens is 244 g/mol. The van der Waals surface area contributed by atoms with Crippen LogP contribution in [0.2, 0.25) is 0 Å². The van der Waals surface area contributed by atoms with Gasteiger partial charge < -0.3 is 15.7 Å². The van der Waals surface area contributed by atoms with E-state index in [4.69, 9.17) is 11.1 Å². The third kappa shape index (κ3) is 1.43. The molecule has 5 nitrogen and oxygen atoms in total. The van der Waals surface area contributed by atoms with Gasteiger partial charge in [-0.05, 0) is 6.26 Å². The molecule has 0 saturated heterocycles. The van der Waals surface area contributed by atoms with E-state index in [0.717, 1.165) is 15.3 Å². The van der Waals surface area contributed by atoms with Crippen molar-refractivity contribution in [3.05, 3.63) is 11.3 Å². The summed E-state index contributed by atoms with van der Waals surface area (Å²) in [4.78, 5) is 15.7. The van der Waals surface area contributed by atoms with Crippen LogP contribution in [-0.2, 0) is 7.05 Å². The van der Waals surface area contributed by atoms with Crippen molar-refractivity contribution < 1.29 is 4.79 Å². The van der Waals surface area contributed by atoms with Crippen molar-refractivity contribution in [3.63, 3.8) is 0 Å². The van der Waals surface area contributed by atoms with E-state index >= 15 is 0 Å². The van der Waals surface area contributed by atoms with Crippen LogP contribution < -0.4 is 5.73 Å². The maximum absolute atomic E-state index is 11.3. The number of hydrogen-bond acceptors (Lipinski definition) is 5. The second-order valence-electron chi connectivity index (χ2n) is 3.17. The van der Waals surface area contributed by atoms with Crippen molar-refractivity contribution in [3.8, 4) is 0 Å². The van der Waals surface area contributed by atoms with E-state index in [1.165, 1.54) is 11.3 Å². The third-order valence-corrected chi connectivity index (χ3v) is 4.36. The first-order chi connectivity index (χ1) is 7.60. The monoisotopic (exact) mass is 254 g/mol. The molecule has 84 valence electrons. The lowest BCUT2D eigenvalue weighted by molar-refractivity contribution is 0.0993. The molecule has 0 spiro atoms. The quantitative estimate of drug-likeness (QED) is 0.642. The Morgan fingerprint density at radius 1 is 1.69 bits per heavy atom. The number of nitrogens with two attached hydrogens (primary N) is 1. The Balaban J connectivity index is 2.84. The van der Waals surface area contributed by atoms with Crippen molar-refractivity contribution in [2.75, 3.05) is 6.26 Å². The summed E-state index contributed by atoms with van der Waals surface area (Å²) in [6.07, 6.45) is 3.10. The molecule has 1 amide bonds. The molecule has 7 heteroatoms. The molecule has 0 aliphatic heterocycles. The van der Waals surface area contributed by atoms with E-state index in [0.29, 0.717) is 16.9 Å². The normalized spacial score (nSPS) is 10.9. The summed E-state index contributed by atoms with van der Waals surface area (Å²) in [6, 6.07) is 0. The number of hydrogen-bond donors (Lipinski definition) is 2. The number of nitrogens with zero attached hydrogens (tertiary/aromatic N) is 2. The van der Waals surface area contributed by atoms with Crippen molar-refractivity contribution in [1.82, 2.24) is 9.55 Å². The molecule has 0 saturated carbocycles. The molecule has 2 aromatic rings. The molecule has 16 heavy (non-hydrogen) atoms. The van der Waals surface area contributed by atoms with Gasteiger partial charge in [-0.25, -0.2) is 4.98 Å². The molecule has 0 radical (unpaired) electrons. The van der Waals surface area contributed by atoms with Crippen LogP contribution in [0.25, 0.3) is 10.3 Å². The first-order valence-electron chi connectivity index (χ1n) is 4.43. The maximum Gasteiger partial charge on any atom is 0.266 e. The lowest BCUT2D eigenvalue weighted by Gasteiger charge is -1.99. The lowest BCUT2D eigenvalue weighted by atomic mass is 10.2. The van der Waals surface area contributed by atoms with Gasteiger partial charge in [0.25, 0.3) is 5.91 Å². The van der Waals surface area contributed by atoms with Gasteiger partial charge in [0.1, 0.15) is 5.69 Å². The Kier molecular flexibility index (Phi) is 2.73. The summed E-state index contributed by atoms with van der Waals surface area (Å²) >= 11 is 3.02. The molecule has 0 aliphatic carbocycles. The molecule has 2 heterocycles. The van der Waals surface area contributed by atoms with Crippen molar-refractivity contribution in [1.29, 1.82) is 5.41 Å². The first kappa shape index (κ1) is 11.2. The van der Waals surface area contributed by atoms with Crippen LogP contribution in [0, 0.1) is 5.41 Å². The molecule has 2 aromatic heterocycles. The van der Waals surface area contributed by atoms with Crippen LogP contribution in [0.1, 0.15) is 16.1 Å². The molecule has 0 unspecified atom stereocenters. The van der Waals surface area contributed by atoms with Gasteiger partial charge in [-0.15, -0.1) is 11.3 Å². The fraction of sp³-hybridized carbons (Fsp3) is 0.222. The highest BCUT2D eigenvalue weighted by atomic mass is 32.2. The summed E-state index contributed by atoms with van der Waals surface area (Å²) in [5.74, 6) is -0.531. The molecular formula is C9H10N4OS2. The SMILES string of the molecule is CSc1nc2c(s1)c(C=N)c(C(N)=O)n2C. The molecule has 0 aromatic carbocycles. The third-order valence-electron chi connectivity index (χ3n) is 2.29. The number of thioether (sulfide) groups is 1. The van der Waals surface area contributed by atoms with Gasteiger partial charge in [0.2, 0.25) is 0 Å². The zero-order valence-corrected chi connectivity index (χ0v) is 10.4. The van der Waals surface area contributed by atoms with Gasteiger partial charge in [-0.3, -0.25) is 4.79 Å². The Hall–Kier alpha value is -1.34. The standard InChI is InChI=1S/C9H10N4OS2/c1-13-5(7(11)14)4(3-10)6-8(13)12-9(15-2)16-6/h3,10H,1-2H3,(H2,11,14). The van der Waals surface area contributed by atoms with Crippen LogP contribution in [0.5, 0.6) is 0 Å². The van der Waals surface area contributed by atoms with E-state index in [9.17, 15) is 4.79 Å². The summed E-state index contributed by atoms with van der Waals surface area (Å²) in [5.41, 5.74) is 6.91. The largest absolute Gasteiger partial charge is 0.364 e. The van der Waals surface area contributed by atoms with Crippen LogP contribution in [-0.4, -0.2) is 27.9 Å². The van der Waals surface area contributed by atoms with Gasteiger partial charge in [-0.2, -0.15) is 0 Å². The number of aromatic nitrogens is 2. The Morgan fingerprint density at radius 2 is 2.38 bits per heavy atom. The average Bonchev–Trinajstić information content (AvgIpc) is 2.76. The number of aryl methyl sites for hydroxylation is 1. The van der Waals surface area contributed by atoms with Gasteiger partial charge in [0, 0.05) is 18.8 Å². The topological polar surface area (TPSA) is 84.8 Å². The van der Waals surface area contributed by atoms with E-state index in [1.807, 2.05) is 6.26 Å². The number of carbonyl (C=O) groups excluding carboxylic acids is 1. The van der Waals surface area contributed by atoms with Crippen molar-refractivity contribution in [2.24, 2.45) is 12.8 Å². The Labute approximate surface area is 100 Å². The van der Waals surface area contributed by atoms with E-state index < -0.39 is 5.91 Å². The Bertz CT molecular complexity index is 584. The minimum Gasteiger partial charge on any atom is -0.364 e. The Morgan fingerprint density at radius 3 is 2.88 bits per heavy atom. The summed E-state index contributed by atoms with van der Waals surface area (Å²) < 4.78 is 3.41. The smallest absolute Gasteiger partial charge is 0.266 e. The number of nitrogens with one attached hydrogen (secondary N) is 1. The van der Waals surface area contributed by atoms with E-state index in [2.05, 4.69) is 4.98 Å². The first-order valence-corrected chi connectivity index (χ1v) is 6.47. The highest BCUT2D eigenvalue weighted by molar-refractivity contribution is 8.00. The molecule has 2 rings (SSSR count). The molecule has 0 bridgehead atoms.